The average molecular weight is 424 g/mol. The molecule has 0 atom stereocenters. The number of nitrogens with zero attached hydrogens (tertiary/aromatic N) is 1. The number of ether oxygens (including phenoxy) is 1. The smallest absolute Gasteiger partial charge is 0.118 e. The van der Waals surface area contributed by atoms with Crippen LogP contribution in [0.2, 0.25) is 0 Å². The highest BCUT2D eigenvalue weighted by molar-refractivity contribution is 6.03. The Labute approximate surface area is 192 Å². The minimum absolute atomic E-state index is 0.709. The topological polar surface area (TPSA) is 21.6 Å². The average Bonchev–Trinajstić information content (AvgIpc) is 2.88. The third-order valence-corrected chi connectivity index (χ3v) is 4.94. The summed E-state index contributed by atoms with van der Waals surface area (Å²) >= 11 is 0. The summed E-state index contributed by atoms with van der Waals surface area (Å²) in [6.07, 6.45) is 0. The zero-order valence-electron chi connectivity index (χ0n) is 19.8. The van der Waals surface area contributed by atoms with Crippen LogP contribution in [0.15, 0.2) is 109 Å². The first-order valence-electron chi connectivity index (χ1n) is 11.0. The Morgan fingerprint density at radius 1 is 0.688 bits per heavy atom. The van der Waals surface area contributed by atoms with Crippen molar-refractivity contribution in [3.63, 3.8) is 0 Å². The van der Waals surface area contributed by atoms with E-state index >= 15 is 0 Å². The predicted octanol–water partition coefficient (Wildman–Crippen LogP) is 8.62. The summed E-state index contributed by atoms with van der Waals surface area (Å²) in [6, 6.07) is 32.8. The number of benzene rings is 4. The van der Waals surface area contributed by atoms with E-state index in [2.05, 4.69) is 69.0 Å². The third-order valence-electron chi connectivity index (χ3n) is 4.94. The maximum atomic E-state index is 4.94. The minimum atomic E-state index is 0.709. The fourth-order valence-corrected chi connectivity index (χ4v) is 3.20. The van der Waals surface area contributed by atoms with Gasteiger partial charge in [-0.1, -0.05) is 111 Å². The van der Waals surface area contributed by atoms with Crippen LogP contribution in [0, 0.1) is 6.92 Å². The van der Waals surface area contributed by atoms with Gasteiger partial charge in [0.1, 0.15) is 5.76 Å². The molecule has 4 aromatic carbocycles. The van der Waals surface area contributed by atoms with Gasteiger partial charge in [0.15, 0.2) is 0 Å². The second-order valence-electron chi connectivity index (χ2n) is 7.00. The molecular weight excluding hydrogens is 390 g/mol. The van der Waals surface area contributed by atoms with Gasteiger partial charge in [0.05, 0.1) is 12.8 Å². The van der Waals surface area contributed by atoms with Crippen molar-refractivity contribution in [2.75, 3.05) is 7.11 Å². The SMILES string of the molecule is C=C(OC)c1ccccc1.CC.CC(=Nc1ccc(C)c2ccccc12)c1ccccc1. The van der Waals surface area contributed by atoms with Gasteiger partial charge in [0, 0.05) is 16.7 Å². The van der Waals surface area contributed by atoms with Crippen molar-refractivity contribution in [2.45, 2.75) is 27.7 Å². The number of methoxy groups -OCH3 is 1. The van der Waals surface area contributed by atoms with E-state index in [0.29, 0.717) is 5.76 Å². The minimum Gasteiger partial charge on any atom is -0.497 e. The van der Waals surface area contributed by atoms with E-state index in [0.717, 1.165) is 22.5 Å². The standard InChI is InChI=1S/C19H17N.C9H10O.C2H6/c1-14-12-13-19(18-11-7-6-10-17(14)18)20-15(2)16-8-4-3-5-9-16;1-8(10-2)9-6-4-3-5-7-9;1-2/h3-13H,1-2H3;3-7H,1H2,2H3;1-2H3. The van der Waals surface area contributed by atoms with E-state index in [1.807, 2.05) is 62.4 Å². The lowest BCUT2D eigenvalue weighted by Gasteiger charge is -2.07. The molecule has 32 heavy (non-hydrogen) atoms. The van der Waals surface area contributed by atoms with Crippen LogP contribution < -0.4 is 0 Å². The highest BCUT2D eigenvalue weighted by Gasteiger charge is 2.03. The molecule has 0 spiro atoms. The number of fused-ring (bicyclic) bond motifs is 1. The first-order chi connectivity index (χ1) is 15.6. The molecule has 0 saturated heterocycles. The molecule has 2 nitrogen and oxygen atoms in total. The Morgan fingerprint density at radius 2 is 1.19 bits per heavy atom. The van der Waals surface area contributed by atoms with Crippen LogP contribution in [-0.4, -0.2) is 12.8 Å². The van der Waals surface area contributed by atoms with Crippen molar-refractivity contribution >= 4 is 27.9 Å². The molecule has 0 bridgehead atoms. The lowest BCUT2D eigenvalue weighted by Crippen LogP contribution is -1.93. The molecule has 0 unspecified atom stereocenters. The van der Waals surface area contributed by atoms with Gasteiger partial charge in [-0.3, -0.25) is 4.99 Å². The summed E-state index contributed by atoms with van der Waals surface area (Å²) < 4.78 is 4.94. The molecule has 0 saturated carbocycles. The van der Waals surface area contributed by atoms with Crippen molar-refractivity contribution in [2.24, 2.45) is 4.99 Å². The fourth-order valence-electron chi connectivity index (χ4n) is 3.20. The first-order valence-corrected chi connectivity index (χ1v) is 11.0. The molecule has 0 aliphatic carbocycles. The summed E-state index contributed by atoms with van der Waals surface area (Å²) in [7, 11) is 1.62. The van der Waals surface area contributed by atoms with Crippen LogP contribution in [0.25, 0.3) is 16.5 Å². The van der Waals surface area contributed by atoms with E-state index in [4.69, 9.17) is 9.73 Å². The molecule has 0 fully saturated rings. The van der Waals surface area contributed by atoms with Gasteiger partial charge >= 0.3 is 0 Å². The Kier molecular flexibility index (Phi) is 9.93. The largest absolute Gasteiger partial charge is 0.497 e. The van der Waals surface area contributed by atoms with Crippen LogP contribution in [0.4, 0.5) is 5.69 Å². The summed E-state index contributed by atoms with van der Waals surface area (Å²) in [6.45, 7) is 11.9. The van der Waals surface area contributed by atoms with Crippen molar-refractivity contribution < 1.29 is 4.74 Å². The second-order valence-corrected chi connectivity index (χ2v) is 7.00. The van der Waals surface area contributed by atoms with E-state index in [9.17, 15) is 0 Å². The highest BCUT2D eigenvalue weighted by atomic mass is 16.5. The number of aliphatic imine (C=N–C) groups is 1. The summed E-state index contributed by atoms with van der Waals surface area (Å²) in [5, 5.41) is 2.48. The van der Waals surface area contributed by atoms with Gasteiger partial charge < -0.3 is 4.74 Å². The number of aryl methyl sites for hydroxylation is 1. The maximum absolute atomic E-state index is 4.94. The fraction of sp³-hybridized carbons (Fsp3) is 0.167. The predicted molar refractivity (Wildman–Crippen MR) is 141 cm³/mol. The van der Waals surface area contributed by atoms with Gasteiger partial charge in [0.25, 0.3) is 0 Å². The zero-order chi connectivity index (χ0) is 23.3. The van der Waals surface area contributed by atoms with Gasteiger partial charge in [-0.2, -0.15) is 0 Å². The molecule has 0 aliphatic rings. The first kappa shape index (κ1) is 24.6. The molecule has 0 N–H and O–H groups in total. The number of hydrogen-bond donors (Lipinski definition) is 0. The van der Waals surface area contributed by atoms with Gasteiger partial charge in [-0.05, 0) is 36.4 Å². The van der Waals surface area contributed by atoms with Crippen LogP contribution >= 0.6 is 0 Å². The second kappa shape index (κ2) is 12.9. The van der Waals surface area contributed by atoms with Crippen molar-refractivity contribution in [3.05, 3.63) is 120 Å². The summed E-state index contributed by atoms with van der Waals surface area (Å²) in [5.74, 6) is 0.709. The van der Waals surface area contributed by atoms with Crippen molar-refractivity contribution in [1.29, 1.82) is 0 Å². The molecule has 0 aliphatic heterocycles. The summed E-state index contributed by atoms with van der Waals surface area (Å²) in [5.41, 5.74) is 5.56. The van der Waals surface area contributed by atoms with Crippen LogP contribution in [0.5, 0.6) is 0 Å². The molecular formula is C30H33NO. The van der Waals surface area contributed by atoms with Gasteiger partial charge in [-0.15, -0.1) is 0 Å². The van der Waals surface area contributed by atoms with Crippen molar-refractivity contribution in [1.82, 2.24) is 0 Å². The summed E-state index contributed by atoms with van der Waals surface area (Å²) in [4.78, 5) is 4.82. The Bertz CT molecular complexity index is 1150. The van der Waals surface area contributed by atoms with E-state index in [1.165, 1.54) is 16.3 Å². The monoisotopic (exact) mass is 423 g/mol. The molecule has 0 aromatic heterocycles. The Hall–Kier alpha value is -3.65. The van der Waals surface area contributed by atoms with Gasteiger partial charge in [-0.25, -0.2) is 0 Å². The maximum Gasteiger partial charge on any atom is 0.118 e. The molecule has 4 aromatic rings. The number of hydrogen-bond acceptors (Lipinski definition) is 2. The molecule has 0 radical (unpaired) electrons. The molecule has 164 valence electrons. The zero-order valence-corrected chi connectivity index (χ0v) is 19.8. The lowest BCUT2D eigenvalue weighted by molar-refractivity contribution is 0.371. The molecule has 2 heteroatoms. The Balaban J connectivity index is 0.000000255. The highest BCUT2D eigenvalue weighted by Crippen LogP contribution is 2.29. The third kappa shape index (κ3) is 6.68. The number of rotatable bonds is 4. The van der Waals surface area contributed by atoms with Crippen LogP contribution in [-0.2, 0) is 4.74 Å². The quantitative estimate of drug-likeness (QED) is 0.238. The Morgan fingerprint density at radius 3 is 1.75 bits per heavy atom. The van der Waals surface area contributed by atoms with Gasteiger partial charge in [0.2, 0.25) is 0 Å². The normalized spacial score (nSPS) is 10.3. The van der Waals surface area contributed by atoms with Crippen LogP contribution in [0.1, 0.15) is 37.5 Å². The van der Waals surface area contributed by atoms with Crippen LogP contribution in [0.3, 0.4) is 0 Å². The van der Waals surface area contributed by atoms with E-state index in [-0.39, 0.29) is 0 Å². The molecule has 0 amide bonds. The van der Waals surface area contributed by atoms with E-state index < -0.39 is 0 Å². The van der Waals surface area contributed by atoms with E-state index in [1.54, 1.807) is 7.11 Å². The lowest BCUT2D eigenvalue weighted by atomic mass is 10.0. The molecule has 4 rings (SSSR count). The van der Waals surface area contributed by atoms with Crippen molar-refractivity contribution in [3.8, 4) is 0 Å². The molecule has 0 heterocycles.